The number of carbonyl (C=O) groups excluding carboxylic acids is 1. The predicted molar refractivity (Wildman–Crippen MR) is 170 cm³/mol. The summed E-state index contributed by atoms with van der Waals surface area (Å²) in [6.07, 6.45) is 0.994. The lowest BCUT2D eigenvalue weighted by molar-refractivity contribution is -0.118. The van der Waals surface area contributed by atoms with Gasteiger partial charge in [0.15, 0.2) is 5.78 Å². The lowest BCUT2D eigenvalue weighted by Gasteiger charge is -2.44. The van der Waals surface area contributed by atoms with E-state index in [0.717, 1.165) is 38.6 Å². The first-order valence-electron chi connectivity index (χ1n) is 13.3. The standard InChI is InChI=1S/C33H30Cl3N3OS/c1-18-9-20(17-41-25-7-5-21(34)6-8-25)19(2)26(10-18)30-27(16-37)32(38)39(24-12-22(35)11-23(36)13-24)28-14-33(3,4)15-29(40)31(28)30/h5-13,30H,14-15,17,38H2,1-4H3. The Kier molecular flexibility index (Phi) is 8.25. The lowest BCUT2D eigenvalue weighted by atomic mass is 9.68. The van der Waals surface area contributed by atoms with E-state index in [9.17, 15) is 10.1 Å². The van der Waals surface area contributed by atoms with E-state index in [0.29, 0.717) is 44.7 Å². The molecule has 0 spiro atoms. The number of thioether (sulfide) groups is 1. The third kappa shape index (κ3) is 5.90. The van der Waals surface area contributed by atoms with Crippen molar-refractivity contribution in [3.63, 3.8) is 0 Å². The van der Waals surface area contributed by atoms with Crippen LogP contribution in [0, 0.1) is 30.6 Å². The normalized spacial score (nSPS) is 18.4. The fraction of sp³-hybridized carbons (Fsp3) is 0.273. The molecule has 2 aliphatic rings. The van der Waals surface area contributed by atoms with Gasteiger partial charge in [0.1, 0.15) is 5.82 Å². The van der Waals surface area contributed by atoms with Crippen molar-refractivity contribution in [2.45, 2.75) is 57.1 Å². The average molecular weight is 623 g/mol. The molecule has 1 heterocycles. The van der Waals surface area contributed by atoms with Crippen molar-refractivity contribution in [3.8, 4) is 6.07 Å². The number of nitrogens with zero attached hydrogens (tertiary/aromatic N) is 2. The molecule has 1 unspecified atom stereocenters. The highest BCUT2D eigenvalue weighted by Crippen LogP contribution is 2.51. The maximum Gasteiger partial charge on any atom is 0.162 e. The Morgan fingerprint density at radius 2 is 1.66 bits per heavy atom. The van der Waals surface area contributed by atoms with E-state index in [2.05, 4.69) is 39.0 Å². The number of hydrogen-bond donors (Lipinski definition) is 1. The second-order valence-corrected chi connectivity index (χ2v) is 13.8. The topological polar surface area (TPSA) is 70.1 Å². The number of nitrogens with two attached hydrogens (primary N) is 1. The van der Waals surface area contributed by atoms with E-state index in [1.54, 1.807) is 30.0 Å². The highest BCUT2D eigenvalue weighted by Gasteiger charge is 2.45. The summed E-state index contributed by atoms with van der Waals surface area (Å²) in [5.41, 5.74) is 13.1. The van der Waals surface area contributed by atoms with Crippen LogP contribution in [0.1, 0.15) is 54.9 Å². The average Bonchev–Trinajstić information content (AvgIpc) is 2.88. The van der Waals surface area contributed by atoms with E-state index in [-0.39, 0.29) is 17.0 Å². The SMILES string of the molecule is Cc1cc(CSc2ccc(Cl)cc2)c(C)c(C2C(C#N)=C(N)N(c3cc(Cl)cc(Cl)c3)C3=C2C(=O)CC(C)(C)C3)c1. The van der Waals surface area contributed by atoms with Crippen LogP contribution in [-0.2, 0) is 10.5 Å². The van der Waals surface area contributed by atoms with Crippen molar-refractivity contribution in [3.05, 3.63) is 115 Å². The summed E-state index contributed by atoms with van der Waals surface area (Å²) in [4.78, 5) is 16.9. The van der Waals surface area contributed by atoms with Gasteiger partial charge in [-0.05, 0) is 84.8 Å². The number of aryl methyl sites for hydroxylation is 1. The van der Waals surface area contributed by atoms with Crippen molar-refractivity contribution in [2.24, 2.45) is 11.1 Å². The van der Waals surface area contributed by atoms with E-state index < -0.39 is 5.92 Å². The van der Waals surface area contributed by atoms with E-state index >= 15 is 0 Å². The Hall–Kier alpha value is -2.88. The monoisotopic (exact) mass is 621 g/mol. The first-order chi connectivity index (χ1) is 19.4. The molecule has 0 fully saturated rings. The van der Waals surface area contributed by atoms with Gasteiger partial charge in [-0.3, -0.25) is 9.69 Å². The molecule has 1 aliphatic heterocycles. The molecular formula is C33H30Cl3N3OS. The number of carbonyl (C=O) groups is 1. The van der Waals surface area contributed by atoms with E-state index in [1.165, 1.54) is 0 Å². The number of anilines is 1. The van der Waals surface area contributed by atoms with Crippen LogP contribution >= 0.6 is 46.6 Å². The summed E-state index contributed by atoms with van der Waals surface area (Å²) in [6, 6.07) is 19.6. The van der Waals surface area contributed by atoms with Gasteiger partial charge in [0.05, 0.1) is 23.2 Å². The van der Waals surface area contributed by atoms with Gasteiger partial charge in [0, 0.05) is 43.4 Å². The number of Topliss-reactive ketones (excluding diaryl/α,β-unsaturated/α-hetero) is 1. The summed E-state index contributed by atoms with van der Waals surface area (Å²) in [5.74, 6) is 0.482. The van der Waals surface area contributed by atoms with Gasteiger partial charge in [-0.2, -0.15) is 5.26 Å². The zero-order valence-electron chi connectivity index (χ0n) is 23.3. The Morgan fingerprint density at radius 1 is 1.00 bits per heavy atom. The molecule has 3 aromatic carbocycles. The molecule has 0 amide bonds. The molecular weight excluding hydrogens is 593 g/mol. The molecule has 0 radical (unpaired) electrons. The minimum absolute atomic E-state index is 0.0256. The Bertz CT molecular complexity index is 1650. The van der Waals surface area contributed by atoms with Crippen LogP contribution in [0.2, 0.25) is 15.1 Å². The van der Waals surface area contributed by atoms with E-state index in [4.69, 9.17) is 40.5 Å². The van der Waals surface area contributed by atoms with Gasteiger partial charge in [-0.15, -0.1) is 11.8 Å². The van der Waals surface area contributed by atoms with Crippen LogP contribution in [-0.4, -0.2) is 5.78 Å². The summed E-state index contributed by atoms with van der Waals surface area (Å²) in [7, 11) is 0. The van der Waals surface area contributed by atoms with Crippen LogP contribution < -0.4 is 10.6 Å². The van der Waals surface area contributed by atoms with Gasteiger partial charge < -0.3 is 5.73 Å². The fourth-order valence-corrected chi connectivity index (χ4v) is 7.48. The maximum atomic E-state index is 14.0. The van der Waals surface area contributed by atoms with Crippen LogP contribution in [0.3, 0.4) is 0 Å². The molecule has 3 aromatic rings. The highest BCUT2D eigenvalue weighted by molar-refractivity contribution is 7.98. The second-order valence-electron chi connectivity index (χ2n) is 11.5. The number of rotatable bonds is 5. The number of benzene rings is 3. The Balaban J connectivity index is 1.68. The zero-order chi connectivity index (χ0) is 29.6. The number of halogens is 3. The van der Waals surface area contributed by atoms with Gasteiger partial charge in [-0.25, -0.2) is 0 Å². The quantitative estimate of drug-likeness (QED) is 0.287. The Labute approximate surface area is 260 Å². The van der Waals surface area contributed by atoms with Gasteiger partial charge in [-0.1, -0.05) is 66.3 Å². The van der Waals surface area contributed by atoms with Crippen molar-refractivity contribution in [2.75, 3.05) is 4.90 Å². The molecule has 1 atom stereocenters. The molecule has 0 aromatic heterocycles. The number of hydrogen-bond acceptors (Lipinski definition) is 5. The summed E-state index contributed by atoms with van der Waals surface area (Å²) >= 11 is 20.6. The van der Waals surface area contributed by atoms with Crippen molar-refractivity contribution in [1.29, 1.82) is 5.26 Å². The summed E-state index contributed by atoms with van der Waals surface area (Å²) < 4.78 is 0. The van der Waals surface area contributed by atoms with Crippen LogP contribution in [0.5, 0.6) is 0 Å². The molecule has 41 heavy (non-hydrogen) atoms. The van der Waals surface area contributed by atoms with Crippen molar-refractivity contribution >= 4 is 58.0 Å². The highest BCUT2D eigenvalue weighted by atomic mass is 35.5. The molecule has 5 rings (SSSR count). The maximum absolute atomic E-state index is 14.0. The van der Waals surface area contributed by atoms with Crippen molar-refractivity contribution in [1.82, 2.24) is 0 Å². The predicted octanol–water partition coefficient (Wildman–Crippen LogP) is 9.50. The molecule has 0 bridgehead atoms. The van der Waals surface area contributed by atoms with Crippen molar-refractivity contribution < 1.29 is 4.79 Å². The van der Waals surface area contributed by atoms with Crippen LogP contribution in [0.25, 0.3) is 0 Å². The molecule has 2 N–H and O–H groups in total. The Morgan fingerprint density at radius 3 is 2.29 bits per heavy atom. The number of ketones is 1. The zero-order valence-corrected chi connectivity index (χ0v) is 26.4. The fourth-order valence-electron chi connectivity index (χ4n) is 5.89. The third-order valence-electron chi connectivity index (χ3n) is 7.71. The largest absolute Gasteiger partial charge is 0.384 e. The summed E-state index contributed by atoms with van der Waals surface area (Å²) in [6.45, 7) is 8.27. The van der Waals surface area contributed by atoms with Crippen LogP contribution in [0.4, 0.5) is 5.69 Å². The van der Waals surface area contributed by atoms with E-state index in [1.807, 2.05) is 36.1 Å². The van der Waals surface area contributed by atoms with Gasteiger partial charge in [0.25, 0.3) is 0 Å². The molecule has 0 saturated heterocycles. The first-order valence-corrected chi connectivity index (χ1v) is 15.4. The second kappa shape index (κ2) is 11.4. The molecule has 0 saturated carbocycles. The third-order valence-corrected chi connectivity index (χ3v) is 9.45. The molecule has 1 aliphatic carbocycles. The molecule has 8 heteroatoms. The molecule has 4 nitrogen and oxygen atoms in total. The minimum atomic E-state index is -0.566. The lowest BCUT2D eigenvalue weighted by Crippen LogP contribution is -2.42. The smallest absolute Gasteiger partial charge is 0.162 e. The van der Waals surface area contributed by atoms with Gasteiger partial charge >= 0.3 is 0 Å². The van der Waals surface area contributed by atoms with Crippen LogP contribution in [0.15, 0.2) is 82.2 Å². The summed E-state index contributed by atoms with van der Waals surface area (Å²) in [5, 5.41) is 12.1. The minimum Gasteiger partial charge on any atom is -0.384 e. The molecule has 210 valence electrons. The number of allylic oxidation sites excluding steroid dienone is 3. The first kappa shape index (κ1) is 29.6. The van der Waals surface area contributed by atoms with Gasteiger partial charge in [0.2, 0.25) is 0 Å². The number of nitriles is 1.